The number of carbonyl (C=O) groups excluding carboxylic acids is 3. The van der Waals surface area contributed by atoms with Gasteiger partial charge in [0.15, 0.2) is 0 Å². The number of esters is 1. The summed E-state index contributed by atoms with van der Waals surface area (Å²) in [5.74, 6) is -0.467. The summed E-state index contributed by atoms with van der Waals surface area (Å²) in [7, 11) is 1.34. The van der Waals surface area contributed by atoms with Crippen LogP contribution in [0.15, 0.2) is 24.3 Å². The average molecular weight is 387 g/mol. The van der Waals surface area contributed by atoms with Crippen molar-refractivity contribution < 1.29 is 19.1 Å². The van der Waals surface area contributed by atoms with Crippen LogP contribution in [0.2, 0.25) is 0 Å². The Balaban J connectivity index is 1.67. The first-order valence-corrected chi connectivity index (χ1v) is 10.0. The second-order valence-electron chi connectivity index (χ2n) is 7.72. The van der Waals surface area contributed by atoms with E-state index in [0.29, 0.717) is 30.6 Å². The lowest BCUT2D eigenvalue weighted by molar-refractivity contribution is -0.147. The van der Waals surface area contributed by atoms with Crippen molar-refractivity contribution in [2.45, 2.75) is 57.0 Å². The zero-order chi connectivity index (χ0) is 20.1. The van der Waals surface area contributed by atoms with Crippen molar-refractivity contribution in [2.24, 2.45) is 11.7 Å². The molecule has 0 radical (unpaired) electrons. The van der Waals surface area contributed by atoms with Crippen molar-refractivity contribution in [2.75, 3.05) is 19.0 Å². The molecular weight excluding hydrogens is 358 g/mol. The molecule has 1 aliphatic heterocycles. The normalized spacial score (nSPS) is 24.6. The predicted molar refractivity (Wildman–Crippen MR) is 106 cm³/mol. The van der Waals surface area contributed by atoms with E-state index in [1.165, 1.54) is 7.11 Å². The van der Waals surface area contributed by atoms with Gasteiger partial charge in [0, 0.05) is 30.3 Å². The minimum atomic E-state index is -0.548. The van der Waals surface area contributed by atoms with Crippen molar-refractivity contribution in [3.63, 3.8) is 0 Å². The summed E-state index contributed by atoms with van der Waals surface area (Å²) in [6, 6.07) is 6.41. The maximum absolute atomic E-state index is 13.0. The Labute approximate surface area is 165 Å². The topological polar surface area (TPSA) is 102 Å². The van der Waals surface area contributed by atoms with E-state index in [2.05, 4.69) is 5.32 Å². The Morgan fingerprint density at radius 2 is 2.00 bits per heavy atom. The molecule has 3 atom stereocenters. The minimum absolute atomic E-state index is 0.0858. The number of benzene rings is 1. The molecule has 1 aromatic rings. The predicted octanol–water partition coefficient (Wildman–Crippen LogP) is 2.31. The van der Waals surface area contributed by atoms with Crippen LogP contribution >= 0.6 is 0 Å². The van der Waals surface area contributed by atoms with Crippen LogP contribution in [-0.2, 0) is 14.3 Å². The lowest BCUT2D eigenvalue weighted by atomic mass is 9.99. The van der Waals surface area contributed by atoms with Crippen molar-refractivity contribution in [3.05, 3.63) is 29.8 Å². The lowest BCUT2D eigenvalue weighted by Crippen LogP contribution is -2.48. The molecule has 1 saturated carbocycles. The van der Waals surface area contributed by atoms with Crippen molar-refractivity contribution in [3.8, 4) is 0 Å². The monoisotopic (exact) mass is 387 g/mol. The summed E-state index contributed by atoms with van der Waals surface area (Å²) in [4.78, 5) is 38.9. The van der Waals surface area contributed by atoms with Gasteiger partial charge in [-0.25, -0.2) is 4.79 Å². The molecule has 28 heavy (non-hydrogen) atoms. The van der Waals surface area contributed by atoms with Crippen LogP contribution in [0.5, 0.6) is 0 Å². The second kappa shape index (κ2) is 9.19. The Kier molecular flexibility index (Phi) is 6.67. The van der Waals surface area contributed by atoms with Gasteiger partial charge >= 0.3 is 5.97 Å². The minimum Gasteiger partial charge on any atom is -0.467 e. The molecule has 7 heteroatoms. The van der Waals surface area contributed by atoms with Gasteiger partial charge in [-0.05, 0) is 56.2 Å². The van der Waals surface area contributed by atoms with Crippen LogP contribution in [0.4, 0.5) is 5.69 Å². The van der Waals surface area contributed by atoms with E-state index in [1.807, 2.05) is 0 Å². The Hall–Kier alpha value is -2.41. The number of amides is 2. The van der Waals surface area contributed by atoms with E-state index in [1.54, 1.807) is 29.2 Å². The second-order valence-corrected chi connectivity index (χ2v) is 7.72. The highest BCUT2D eigenvalue weighted by molar-refractivity contribution is 5.99. The first-order chi connectivity index (χ1) is 13.5. The zero-order valence-electron chi connectivity index (χ0n) is 16.4. The number of carbonyl (C=O) groups is 3. The highest BCUT2D eigenvalue weighted by Crippen LogP contribution is 2.27. The van der Waals surface area contributed by atoms with Crippen LogP contribution in [0.1, 0.15) is 55.3 Å². The molecule has 3 N–H and O–H groups in total. The van der Waals surface area contributed by atoms with Crippen molar-refractivity contribution in [1.82, 2.24) is 4.90 Å². The smallest absolute Gasteiger partial charge is 0.328 e. The third kappa shape index (κ3) is 4.70. The van der Waals surface area contributed by atoms with E-state index < -0.39 is 6.04 Å². The van der Waals surface area contributed by atoms with Gasteiger partial charge in [-0.2, -0.15) is 0 Å². The maximum Gasteiger partial charge on any atom is 0.328 e. The standard InChI is InChI=1S/C21H29N3O4/c1-28-21(27)18-10-2-3-11-24(18)20(26)15-7-4-8-16(12-15)23-19(25)13-14-6-5-9-17(14)22/h4,7-8,12,14,17-18H,2-3,5-6,9-11,13,22H2,1H3,(H,23,25)/t14-,17+,18?/m0/s1. The van der Waals surface area contributed by atoms with Crippen molar-refractivity contribution >= 4 is 23.5 Å². The fourth-order valence-corrected chi connectivity index (χ4v) is 4.22. The highest BCUT2D eigenvalue weighted by Gasteiger charge is 2.33. The van der Waals surface area contributed by atoms with Gasteiger partial charge in [0.1, 0.15) is 6.04 Å². The number of likely N-dealkylation sites (tertiary alicyclic amines) is 1. The quantitative estimate of drug-likeness (QED) is 0.755. The summed E-state index contributed by atoms with van der Waals surface area (Å²) in [6.45, 7) is 0.523. The van der Waals surface area contributed by atoms with Gasteiger partial charge in [0.05, 0.1) is 7.11 Å². The lowest BCUT2D eigenvalue weighted by Gasteiger charge is -2.33. The molecule has 7 nitrogen and oxygen atoms in total. The van der Waals surface area contributed by atoms with Gasteiger partial charge in [0.25, 0.3) is 5.91 Å². The summed E-state index contributed by atoms with van der Waals surface area (Å²) >= 11 is 0. The molecule has 1 saturated heterocycles. The number of nitrogens with one attached hydrogen (secondary N) is 1. The highest BCUT2D eigenvalue weighted by atomic mass is 16.5. The molecule has 1 aliphatic carbocycles. The van der Waals surface area contributed by atoms with Crippen LogP contribution < -0.4 is 11.1 Å². The number of anilines is 1. The van der Waals surface area contributed by atoms with Gasteiger partial charge < -0.3 is 20.7 Å². The van der Waals surface area contributed by atoms with E-state index >= 15 is 0 Å². The molecule has 0 bridgehead atoms. The molecule has 1 unspecified atom stereocenters. The van der Waals surface area contributed by atoms with Crippen LogP contribution in [0, 0.1) is 5.92 Å². The summed E-state index contributed by atoms with van der Waals surface area (Å²) in [6.07, 6.45) is 5.78. The molecule has 2 amide bonds. The van der Waals surface area contributed by atoms with Crippen LogP contribution in [-0.4, -0.2) is 48.4 Å². The number of nitrogens with zero attached hydrogens (tertiary/aromatic N) is 1. The van der Waals surface area contributed by atoms with E-state index in [4.69, 9.17) is 10.5 Å². The summed E-state index contributed by atoms with van der Waals surface area (Å²) < 4.78 is 4.85. The molecule has 0 spiro atoms. The number of hydrogen-bond donors (Lipinski definition) is 2. The first kappa shape index (κ1) is 20.3. The molecule has 2 aliphatic rings. The molecule has 0 aromatic heterocycles. The largest absolute Gasteiger partial charge is 0.467 e. The number of hydrogen-bond acceptors (Lipinski definition) is 5. The van der Waals surface area contributed by atoms with E-state index in [0.717, 1.165) is 32.1 Å². The Bertz CT molecular complexity index is 736. The number of piperidine rings is 1. The number of ether oxygens (including phenoxy) is 1. The fourth-order valence-electron chi connectivity index (χ4n) is 4.22. The molecule has 3 rings (SSSR count). The molecule has 2 fully saturated rings. The average Bonchev–Trinajstić information content (AvgIpc) is 3.11. The van der Waals surface area contributed by atoms with E-state index in [9.17, 15) is 14.4 Å². The summed E-state index contributed by atoms with van der Waals surface area (Å²) in [5.41, 5.74) is 7.08. The van der Waals surface area contributed by atoms with Gasteiger partial charge in [-0.15, -0.1) is 0 Å². The Morgan fingerprint density at radius 1 is 1.18 bits per heavy atom. The fraction of sp³-hybridized carbons (Fsp3) is 0.571. The van der Waals surface area contributed by atoms with Crippen LogP contribution in [0.25, 0.3) is 0 Å². The third-order valence-electron chi connectivity index (χ3n) is 5.80. The van der Waals surface area contributed by atoms with Gasteiger partial charge in [0.2, 0.25) is 5.91 Å². The number of nitrogens with two attached hydrogens (primary N) is 1. The zero-order valence-corrected chi connectivity index (χ0v) is 16.4. The number of methoxy groups -OCH3 is 1. The Morgan fingerprint density at radius 3 is 2.71 bits per heavy atom. The van der Waals surface area contributed by atoms with Crippen LogP contribution in [0.3, 0.4) is 0 Å². The first-order valence-electron chi connectivity index (χ1n) is 10.0. The molecule has 1 heterocycles. The maximum atomic E-state index is 13.0. The summed E-state index contributed by atoms with van der Waals surface area (Å²) in [5, 5.41) is 2.88. The molecule has 152 valence electrons. The molecular formula is C21H29N3O4. The van der Waals surface area contributed by atoms with Crippen molar-refractivity contribution in [1.29, 1.82) is 0 Å². The van der Waals surface area contributed by atoms with E-state index in [-0.39, 0.29) is 29.7 Å². The third-order valence-corrected chi connectivity index (χ3v) is 5.80. The van der Waals surface area contributed by atoms with Gasteiger partial charge in [-0.1, -0.05) is 12.5 Å². The SMILES string of the molecule is COC(=O)C1CCCCN1C(=O)c1cccc(NC(=O)C[C@@H]2CCC[C@H]2N)c1. The number of rotatable bonds is 5. The van der Waals surface area contributed by atoms with Gasteiger partial charge in [-0.3, -0.25) is 9.59 Å². The molecule has 1 aromatic carbocycles.